The third-order valence-electron chi connectivity index (χ3n) is 3.08. The molecular weight excluding hydrogens is 206 g/mol. The van der Waals surface area contributed by atoms with E-state index in [1.54, 1.807) is 0 Å². The number of nitrogens with zero attached hydrogens (tertiary/aromatic N) is 2. The molecular formula is C11H23N3O2. The molecule has 16 heavy (non-hydrogen) atoms. The maximum atomic E-state index is 8.40. The molecule has 3 N–H and O–H groups in total. The van der Waals surface area contributed by atoms with E-state index in [0.29, 0.717) is 18.3 Å². The van der Waals surface area contributed by atoms with Crippen molar-refractivity contribution in [2.75, 3.05) is 26.3 Å². The standard InChI is InChI=1S/C11H23N3O2/c1-2-10-9-16-8-7-14(10)6-4-3-5-11(12)13-15/h10,15H,2-9H2,1H3,(H2,12,13). The number of nitrogens with two attached hydrogens (primary N) is 1. The van der Waals surface area contributed by atoms with Crippen molar-refractivity contribution in [2.45, 2.75) is 38.6 Å². The molecule has 1 atom stereocenters. The van der Waals surface area contributed by atoms with Gasteiger partial charge >= 0.3 is 0 Å². The zero-order valence-corrected chi connectivity index (χ0v) is 10.1. The number of rotatable bonds is 6. The number of amidine groups is 1. The molecule has 0 amide bonds. The molecule has 1 aliphatic heterocycles. The maximum Gasteiger partial charge on any atom is 0.139 e. The van der Waals surface area contributed by atoms with Gasteiger partial charge in [0.15, 0.2) is 0 Å². The summed E-state index contributed by atoms with van der Waals surface area (Å²) in [5, 5.41) is 11.4. The minimum absolute atomic E-state index is 0.328. The lowest BCUT2D eigenvalue weighted by atomic mass is 10.1. The predicted molar refractivity (Wildman–Crippen MR) is 63.7 cm³/mol. The molecule has 0 aromatic carbocycles. The van der Waals surface area contributed by atoms with Crippen molar-refractivity contribution in [3.8, 4) is 0 Å². The lowest BCUT2D eigenvalue weighted by Crippen LogP contribution is -2.45. The van der Waals surface area contributed by atoms with E-state index < -0.39 is 0 Å². The average Bonchev–Trinajstić information content (AvgIpc) is 2.34. The Labute approximate surface area is 97.2 Å². The van der Waals surface area contributed by atoms with Crippen LogP contribution in [0.2, 0.25) is 0 Å². The van der Waals surface area contributed by atoms with Crippen LogP contribution in [0.3, 0.4) is 0 Å². The van der Waals surface area contributed by atoms with Crippen molar-refractivity contribution in [1.82, 2.24) is 4.90 Å². The second-order valence-electron chi connectivity index (χ2n) is 4.22. The van der Waals surface area contributed by atoms with Crippen molar-refractivity contribution in [1.29, 1.82) is 0 Å². The van der Waals surface area contributed by atoms with Crippen molar-refractivity contribution < 1.29 is 9.94 Å². The van der Waals surface area contributed by atoms with Crippen LogP contribution in [0.1, 0.15) is 32.6 Å². The molecule has 5 heteroatoms. The molecule has 1 aliphatic rings. The second-order valence-corrected chi connectivity index (χ2v) is 4.22. The van der Waals surface area contributed by atoms with Gasteiger partial charge in [0.25, 0.3) is 0 Å². The molecule has 1 saturated heterocycles. The Morgan fingerprint density at radius 1 is 1.56 bits per heavy atom. The fourth-order valence-electron chi connectivity index (χ4n) is 2.03. The third-order valence-corrected chi connectivity index (χ3v) is 3.08. The van der Waals surface area contributed by atoms with Gasteiger partial charge in [0.1, 0.15) is 5.84 Å². The lowest BCUT2D eigenvalue weighted by Gasteiger charge is -2.35. The van der Waals surface area contributed by atoms with Crippen LogP contribution >= 0.6 is 0 Å². The smallest absolute Gasteiger partial charge is 0.139 e. The minimum atomic E-state index is 0.328. The van der Waals surface area contributed by atoms with E-state index in [1.807, 2.05) is 0 Å². The fourth-order valence-corrected chi connectivity index (χ4v) is 2.03. The summed E-state index contributed by atoms with van der Waals surface area (Å²) < 4.78 is 5.45. The van der Waals surface area contributed by atoms with Crippen LogP contribution < -0.4 is 5.73 Å². The van der Waals surface area contributed by atoms with E-state index in [2.05, 4.69) is 17.0 Å². The quantitative estimate of drug-likeness (QED) is 0.234. The molecule has 0 radical (unpaired) electrons. The van der Waals surface area contributed by atoms with Crippen molar-refractivity contribution in [3.05, 3.63) is 0 Å². The molecule has 1 unspecified atom stereocenters. The monoisotopic (exact) mass is 229 g/mol. The summed E-state index contributed by atoms with van der Waals surface area (Å²) in [6.07, 6.45) is 3.88. The van der Waals surface area contributed by atoms with Gasteiger partial charge in [-0.15, -0.1) is 0 Å². The lowest BCUT2D eigenvalue weighted by molar-refractivity contribution is -0.00906. The summed E-state index contributed by atoms with van der Waals surface area (Å²) >= 11 is 0. The van der Waals surface area contributed by atoms with Crippen LogP contribution in [-0.2, 0) is 4.74 Å². The molecule has 0 saturated carbocycles. The first-order valence-corrected chi connectivity index (χ1v) is 6.06. The molecule has 1 heterocycles. The van der Waals surface area contributed by atoms with Crippen LogP contribution in [0.25, 0.3) is 0 Å². The topological polar surface area (TPSA) is 71.1 Å². The van der Waals surface area contributed by atoms with Gasteiger partial charge in [0.2, 0.25) is 0 Å². The predicted octanol–water partition coefficient (Wildman–Crippen LogP) is 1.01. The highest BCUT2D eigenvalue weighted by Crippen LogP contribution is 2.11. The Hall–Kier alpha value is -0.810. The Bertz CT molecular complexity index is 221. The highest BCUT2D eigenvalue weighted by Gasteiger charge is 2.20. The van der Waals surface area contributed by atoms with E-state index >= 15 is 0 Å². The molecule has 0 bridgehead atoms. The van der Waals surface area contributed by atoms with Gasteiger partial charge in [-0.3, -0.25) is 4.90 Å². The number of morpholine rings is 1. The SMILES string of the molecule is CCC1COCCN1CCCC/C(N)=N/O. The van der Waals surface area contributed by atoms with Crippen LogP contribution in [0.4, 0.5) is 0 Å². The van der Waals surface area contributed by atoms with Gasteiger partial charge in [0, 0.05) is 19.0 Å². The molecule has 0 aromatic heterocycles. The van der Waals surface area contributed by atoms with Crippen LogP contribution in [-0.4, -0.2) is 48.3 Å². The number of unbranched alkanes of at least 4 members (excludes halogenated alkanes) is 1. The second kappa shape index (κ2) is 7.46. The van der Waals surface area contributed by atoms with Crippen LogP contribution in [0.5, 0.6) is 0 Å². The Kier molecular flexibility index (Phi) is 6.18. The van der Waals surface area contributed by atoms with Crippen molar-refractivity contribution in [2.24, 2.45) is 10.9 Å². The molecule has 1 fully saturated rings. The highest BCUT2D eigenvalue weighted by molar-refractivity contribution is 5.79. The van der Waals surface area contributed by atoms with Gasteiger partial charge < -0.3 is 15.7 Å². The Balaban J connectivity index is 2.15. The molecule has 1 rings (SSSR count). The van der Waals surface area contributed by atoms with E-state index in [4.69, 9.17) is 15.7 Å². The number of hydrogen-bond acceptors (Lipinski definition) is 4. The van der Waals surface area contributed by atoms with Crippen molar-refractivity contribution >= 4 is 5.84 Å². The van der Waals surface area contributed by atoms with Crippen LogP contribution in [0, 0.1) is 0 Å². The number of oxime groups is 1. The Morgan fingerprint density at radius 3 is 3.06 bits per heavy atom. The molecule has 0 spiro atoms. The summed E-state index contributed by atoms with van der Waals surface area (Å²) in [6.45, 7) is 6.01. The molecule has 0 aromatic rings. The normalized spacial score (nSPS) is 23.6. The van der Waals surface area contributed by atoms with E-state index in [1.165, 1.54) is 0 Å². The van der Waals surface area contributed by atoms with Gasteiger partial charge in [0.05, 0.1) is 13.2 Å². The molecule has 5 nitrogen and oxygen atoms in total. The number of ether oxygens (including phenoxy) is 1. The zero-order chi connectivity index (χ0) is 11.8. The largest absolute Gasteiger partial charge is 0.409 e. The first-order valence-electron chi connectivity index (χ1n) is 6.06. The maximum absolute atomic E-state index is 8.40. The minimum Gasteiger partial charge on any atom is -0.409 e. The van der Waals surface area contributed by atoms with Crippen LogP contribution in [0.15, 0.2) is 5.16 Å². The van der Waals surface area contributed by atoms with Gasteiger partial charge in [-0.2, -0.15) is 0 Å². The van der Waals surface area contributed by atoms with E-state index in [-0.39, 0.29) is 0 Å². The third kappa shape index (κ3) is 4.37. The zero-order valence-electron chi connectivity index (χ0n) is 10.1. The summed E-state index contributed by atoms with van der Waals surface area (Å²) in [5.74, 6) is 0.328. The summed E-state index contributed by atoms with van der Waals surface area (Å²) in [4.78, 5) is 2.48. The van der Waals surface area contributed by atoms with E-state index in [9.17, 15) is 0 Å². The summed E-state index contributed by atoms with van der Waals surface area (Å²) in [5.41, 5.74) is 5.41. The van der Waals surface area contributed by atoms with Gasteiger partial charge in [-0.1, -0.05) is 12.1 Å². The molecule has 94 valence electrons. The summed E-state index contributed by atoms with van der Waals surface area (Å²) in [7, 11) is 0. The van der Waals surface area contributed by atoms with Gasteiger partial charge in [-0.25, -0.2) is 0 Å². The summed E-state index contributed by atoms with van der Waals surface area (Å²) in [6, 6.07) is 0.567. The first kappa shape index (κ1) is 13.3. The van der Waals surface area contributed by atoms with Gasteiger partial charge in [-0.05, 0) is 25.8 Å². The van der Waals surface area contributed by atoms with Crippen molar-refractivity contribution in [3.63, 3.8) is 0 Å². The highest BCUT2D eigenvalue weighted by atomic mass is 16.5. The Morgan fingerprint density at radius 2 is 2.38 bits per heavy atom. The van der Waals surface area contributed by atoms with E-state index in [0.717, 1.165) is 45.6 Å². The first-order chi connectivity index (χ1) is 7.77. The average molecular weight is 229 g/mol. The number of hydrogen-bond donors (Lipinski definition) is 2. The molecule has 0 aliphatic carbocycles. The fraction of sp³-hybridized carbons (Fsp3) is 0.909.